The van der Waals surface area contributed by atoms with Gasteiger partial charge in [0, 0.05) is 5.92 Å². The fraction of sp³-hybridized carbons (Fsp3) is 0.625. The van der Waals surface area contributed by atoms with Gasteiger partial charge in [-0.25, -0.2) is 0 Å². The van der Waals surface area contributed by atoms with Crippen LogP contribution in [0, 0.1) is 0 Å². The predicted molar refractivity (Wildman–Crippen MR) is 72.3 cm³/mol. The lowest BCUT2D eigenvalue weighted by Gasteiger charge is -2.19. The second kappa shape index (κ2) is 6.20. The van der Waals surface area contributed by atoms with E-state index in [1.165, 1.54) is 36.8 Å². The van der Waals surface area contributed by atoms with Gasteiger partial charge in [0.1, 0.15) is 0 Å². The van der Waals surface area contributed by atoms with Gasteiger partial charge >= 0.3 is 0 Å². The van der Waals surface area contributed by atoms with Crippen molar-refractivity contribution in [3.63, 3.8) is 0 Å². The number of fused-ring (bicyclic) bond motifs is 1. The summed E-state index contributed by atoms with van der Waals surface area (Å²) in [4.78, 5) is 0. The van der Waals surface area contributed by atoms with Gasteiger partial charge in [-0.2, -0.15) is 0 Å². The Bertz CT molecular complexity index is 345. The highest BCUT2D eigenvalue weighted by molar-refractivity contribution is 5.35. The van der Waals surface area contributed by atoms with Gasteiger partial charge in [-0.3, -0.25) is 0 Å². The predicted octanol–water partition coefficient (Wildman–Crippen LogP) is 4.05. The zero-order valence-electron chi connectivity index (χ0n) is 10.9. The third kappa shape index (κ3) is 3.10. The van der Waals surface area contributed by atoms with Gasteiger partial charge in [0.2, 0.25) is 0 Å². The second-order valence-electron chi connectivity index (χ2n) is 5.26. The molecule has 0 spiro atoms. The summed E-state index contributed by atoms with van der Waals surface area (Å²) in [5, 5.41) is 10.3. The maximum absolute atomic E-state index is 10.3. The van der Waals surface area contributed by atoms with Crippen LogP contribution in [0.15, 0.2) is 24.3 Å². The summed E-state index contributed by atoms with van der Waals surface area (Å²) in [7, 11) is 0. The fourth-order valence-corrected chi connectivity index (χ4v) is 2.97. The molecule has 2 atom stereocenters. The minimum Gasteiger partial charge on any atom is -0.392 e. The van der Waals surface area contributed by atoms with Gasteiger partial charge in [-0.1, -0.05) is 56.9 Å². The highest BCUT2D eigenvalue weighted by Crippen LogP contribution is 2.36. The van der Waals surface area contributed by atoms with Crippen molar-refractivity contribution in [2.45, 2.75) is 63.9 Å². The van der Waals surface area contributed by atoms with Crippen LogP contribution in [0.1, 0.15) is 62.5 Å². The highest BCUT2D eigenvalue weighted by atomic mass is 16.3. The molecular weight excluding hydrogens is 208 g/mol. The molecule has 1 nitrogen and oxygen atoms in total. The van der Waals surface area contributed by atoms with Gasteiger partial charge in [0.15, 0.2) is 0 Å². The molecule has 1 heteroatoms. The van der Waals surface area contributed by atoms with Gasteiger partial charge in [0.05, 0.1) is 6.10 Å². The first kappa shape index (κ1) is 12.6. The van der Waals surface area contributed by atoms with Crippen molar-refractivity contribution < 1.29 is 5.11 Å². The van der Waals surface area contributed by atoms with Crippen LogP contribution in [0.5, 0.6) is 0 Å². The summed E-state index contributed by atoms with van der Waals surface area (Å²) >= 11 is 0. The summed E-state index contributed by atoms with van der Waals surface area (Å²) in [6.45, 7) is 2.23. The summed E-state index contributed by atoms with van der Waals surface area (Å²) in [5.41, 5.74) is 2.85. The van der Waals surface area contributed by atoms with E-state index in [2.05, 4.69) is 31.2 Å². The maximum atomic E-state index is 10.3. The topological polar surface area (TPSA) is 20.2 Å². The van der Waals surface area contributed by atoms with E-state index in [0.29, 0.717) is 5.92 Å². The van der Waals surface area contributed by atoms with E-state index in [9.17, 15) is 5.11 Å². The molecule has 1 aliphatic rings. The largest absolute Gasteiger partial charge is 0.392 e. The number of hydrogen-bond acceptors (Lipinski definition) is 1. The molecule has 1 N–H and O–H groups in total. The van der Waals surface area contributed by atoms with E-state index in [1.54, 1.807) is 0 Å². The summed E-state index contributed by atoms with van der Waals surface area (Å²) in [6, 6.07) is 8.61. The Kier molecular flexibility index (Phi) is 4.61. The molecule has 1 aromatic carbocycles. The van der Waals surface area contributed by atoms with Gasteiger partial charge < -0.3 is 5.11 Å². The Hall–Kier alpha value is -0.820. The molecule has 2 unspecified atom stereocenters. The Morgan fingerprint density at radius 3 is 2.88 bits per heavy atom. The second-order valence-corrected chi connectivity index (χ2v) is 5.26. The number of aliphatic hydroxyl groups is 1. The van der Waals surface area contributed by atoms with Crippen molar-refractivity contribution in [1.82, 2.24) is 0 Å². The fourth-order valence-electron chi connectivity index (χ4n) is 2.97. The van der Waals surface area contributed by atoms with Gasteiger partial charge in [-0.05, 0) is 30.4 Å². The maximum Gasteiger partial charge on any atom is 0.0608 e. The molecular formula is C16H24O. The standard InChI is InChI=1S/C16H24O/c1-2-3-4-5-10-16(17)15-12-11-13-8-6-7-9-14(13)15/h6-9,15-17H,2-5,10-12H2,1H3. The molecule has 0 aromatic heterocycles. The molecule has 0 heterocycles. The first-order valence-electron chi connectivity index (χ1n) is 7.08. The first-order valence-corrected chi connectivity index (χ1v) is 7.08. The number of hydrogen-bond donors (Lipinski definition) is 1. The quantitative estimate of drug-likeness (QED) is 0.734. The van der Waals surface area contributed by atoms with Gasteiger partial charge in [-0.15, -0.1) is 0 Å². The summed E-state index contributed by atoms with van der Waals surface area (Å²) < 4.78 is 0. The SMILES string of the molecule is CCCCCCC(O)C1CCc2ccccc21. The smallest absolute Gasteiger partial charge is 0.0608 e. The Morgan fingerprint density at radius 2 is 2.06 bits per heavy atom. The van der Waals surface area contributed by atoms with E-state index in [4.69, 9.17) is 0 Å². The first-order chi connectivity index (χ1) is 8.33. The molecule has 1 aromatic rings. The lowest BCUT2D eigenvalue weighted by molar-refractivity contribution is 0.130. The zero-order valence-corrected chi connectivity index (χ0v) is 10.9. The van der Waals surface area contributed by atoms with Crippen molar-refractivity contribution in [3.05, 3.63) is 35.4 Å². The molecule has 0 bridgehead atoms. The van der Waals surface area contributed by atoms with Crippen LogP contribution in [0.3, 0.4) is 0 Å². The third-order valence-electron chi connectivity index (χ3n) is 4.00. The number of unbranched alkanes of at least 4 members (excludes halogenated alkanes) is 3. The molecule has 0 saturated carbocycles. The number of rotatable bonds is 6. The van der Waals surface area contributed by atoms with E-state index in [0.717, 1.165) is 19.3 Å². The Balaban J connectivity index is 1.87. The van der Waals surface area contributed by atoms with E-state index < -0.39 is 0 Å². The lowest BCUT2D eigenvalue weighted by atomic mass is 9.92. The molecule has 1 aliphatic carbocycles. The monoisotopic (exact) mass is 232 g/mol. The van der Waals surface area contributed by atoms with Crippen molar-refractivity contribution >= 4 is 0 Å². The van der Waals surface area contributed by atoms with Crippen molar-refractivity contribution in [1.29, 1.82) is 0 Å². The van der Waals surface area contributed by atoms with Crippen LogP contribution in [-0.4, -0.2) is 11.2 Å². The summed E-state index contributed by atoms with van der Waals surface area (Å²) in [5.74, 6) is 0.396. The van der Waals surface area contributed by atoms with Crippen LogP contribution in [0.25, 0.3) is 0 Å². The van der Waals surface area contributed by atoms with Gasteiger partial charge in [0.25, 0.3) is 0 Å². The van der Waals surface area contributed by atoms with Crippen molar-refractivity contribution in [2.24, 2.45) is 0 Å². The van der Waals surface area contributed by atoms with Crippen LogP contribution in [-0.2, 0) is 6.42 Å². The molecule has 0 amide bonds. The Morgan fingerprint density at radius 1 is 1.24 bits per heavy atom. The molecule has 0 saturated heterocycles. The van der Waals surface area contributed by atoms with Crippen LogP contribution in [0.2, 0.25) is 0 Å². The van der Waals surface area contributed by atoms with E-state index in [-0.39, 0.29) is 6.10 Å². The lowest BCUT2D eigenvalue weighted by Crippen LogP contribution is -2.16. The normalized spacial score (nSPS) is 20.2. The molecule has 94 valence electrons. The van der Waals surface area contributed by atoms with Crippen molar-refractivity contribution in [2.75, 3.05) is 0 Å². The number of aliphatic hydroxyl groups excluding tert-OH is 1. The average molecular weight is 232 g/mol. The van der Waals surface area contributed by atoms with E-state index >= 15 is 0 Å². The average Bonchev–Trinajstić information content (AvgIpc) is 2.78. The molecule has 0 aliphatic heterocycles. The molecule has 0 radical (unpaired) electrons. The van der Waals surface area contributed by atoms with Crippen LogP contribution in [0.4, 0.5) is 0 Å². The highest BCUT2D eigenvalue weighted by Gasteiger charge is 2.27. The van der Waals surface area contributed by atoms with E-state index in [1.807, 2.05) is 0 Å². The van der Waals surface area contributed by atoms with Crippen LogP contribution >= 0.6 is 0 Å². The number of benzene rings is 1. The molecule has 17 heavy (non-hydrogen) atoms. The zero-order chi connectivity index (χ0) is 12.1. The Labute approximate surface area is 105 Å². The summed E-state index contributed by atoms with van der Waals surface area (Å²) in [6.07, 6.45) is 8.13. The third-order valence-corrected chi connectivity index (χ3v) is 4.00. The van der Waals surface area contributed by atoms with Crippen molar-refractivity contribution in [3.8, 4) is 0 Å². The minimum atomic E-state index is -0.129. The molecule has 2 rings (SSSR count). The molecule has 0 fully saturated rings. The minimum absolute atomic E-state index is 0.129. The van der Waals surface area contributed by atoms with Crippen LogP contribution < -0.4 is 0 Å². The number of aryl methyl sites for hydroxylation is 1.